The highest BCUT2D eigenvalue weighted by atomic mass is 16.5. The summed E-state index contributed by atoms with van der Waals surface area (Å²) in [5.74, 6) is 0.392. The van der Waals surface area contributed by atoms with E-state index in [1.165, 1.54) is 18.3 Å². The van der Waals surface area contributed by atoms with Crippen molar-refractivity contribution in [3.05, 3.63) is 72.2 Å². The maximum atomic E-state index is 14.1. The fraction of sp³-hybridized carbons (Fsp3) is 0.400. The van der Waals surface area contributed by atoms with Gasteiger partial charge in [-0.25, -0.2) is 0 Å². The summed E-state index contributed by atoms with van der Waals surface area (Å²) in [6, 6.07) is 15.4. The molecule has 1 aliphatic heterocycles. The third-order valence-corrected chi connectivity index (χ3v) is 7.39. The molecule has 2 fully saturated rings. The van der Waals surface area contributed by atoms with Gasteiger partial charge in [0.25, 0.3) is 5.91 Å². The number of hydrogen-bond donors (Lipinski definition) is 1. The lowest BCUT2D eigenvalue weighted by Gasteiger charge is -2.33. The molecule has 1 aliphatic carbocycles. The van der Waals surface area contributed by atoms with Gasteiger partial charge < -0.3 is 28.8 Å². The van der Waals surface area contributed by atoms with E-state index < -0.39 is 11.9 Å². The summed E-state index contributed by atoms with van der Waals surface area (Å²) in [7, 11) is 3.09. The summed E-state index contributed by atoms with van der Waals surface area (Å²) in [6.45, 7) is 2.96. The van der Waals surface area contributed by atoms with Crippen LogP contribution in [0.15, 0.2) is 65.3 Å². The van der Waals surface area contributed by atoms with Crippen LogP contribution in [0.5, 0.6) is 11.5 Å². The van der Waals surface area contributed by atoms with Crippen molar-refractivity contribution in [2.45, 2.75) is 37.8 Å². The van der Waals surface area contributed by atoms with Gasteiger partial charge in [0.05, 0.1) is 39.4 Å². The Labute approximate surface area is 228 Å². The molecular formula is C30H35N3O6. The number of amides is 2. The molecule has 9 heteroatoms. The molecular weight excluding hydrogens is 498 g/mol. The summed E-state index contributed by atoms with van der Waals surface area (Å²) in [5, 5.41) is 3.21. The van der Waals surface area contributed by atoms with Gasteiger partial charge in [0, 0.05) is 30.9 Å². The van der Waals surface area contributed by atoms with Crippen LogP contribution >= 0.6 is 0 Å². The molecule has 0 spiro atoms. The zero-order chi connectivity index (χ0) is 27.2. The number of nitrogens with one attached hydrogen (secondary N) is 1. The van der Waals surface area contributed by atoms with Crippen LogP contribution in [0, 0.1) is 0 Å². The van der Waals surface area contributed by atoms with Crippen LogP contribution in [0.2, 0.25) is 0 Å². The second-order valence-electron chi connectivity index (χ2n) is 9.77. The lowest BCUT2D eigenvalue weighted by molar-refractivity contribution is -0.123. The van der Waals surface area contributed by atoms with Crippen molar-refractivity contribution >= 4 is 23.2 Å². The summed E-state index contributed by atoms with van der Waals surface area (Å²) in [5.41, 5.74) is 2.16. The van der Waals surface area contributed by atoms with Crippen molar-refractivity contribution < 1.29 is 28.2 Å². The molecule has 2 amide bonds. The first kappa shape index (κ1) is 26.6. The maximum absolute atomic E-state index is 14.1. The highest BCUT2D eigenvalue weighted by molar-refractivity contribution is 6.09. The number of anilines is 2. The Bertz CT molecular complexity index is 1250. The Kier molecular flexibility index (Phi) is 8.36. The Morgan fingerprint density at radius 2 is 1.74 bits per heavy atom. The summed E-state index contributed by atoms with van der Waals surface area (Å²) in [6.07, 6.45) is 5.44. The topological polar surface area (TPSA) is 93.5 Å². The van der Waals surface area contributed by atoms with Gasteiger partial charge in [0.2, 0.25) is 5.91 Å². The summed E-state index contributed by atoms with van der Waals surface area (Å²) in [4.78, 5) is 31.8. The number of methoxy groups -OCH3 is 2. The molecule has 9 nitrogen and oxygen atoms in total. The number of carbonyl (C=O) groups excluding carboxylic acids is 2. The zero-order valence-corrected chi connectivity index (χ0v) is 22.4. The third-order valence-electron chi connectivity index (χ3n) is 7.39. The van der Waals surface area contributed by atoms with Gasteiger partial charge in [0.15, 0.2) is 5.76 Å². The Morgan fingerprint density at radius 1 is 1.00 bits per heavy atom. The molecule has 2 aliphatic rings. The largest absolute Gasteiger partial charge is 0.497 e. The van der Waals surface area contributed by atoms with E-state index in [0.29, 0.717) is 36.0 Å². The lowest BCUT2D eigenvalue weighted by Crippen LogP contribution is -2.46. The minimum Gasteiger partial charge on any atom is -0.497 e. The quantitative estimate of drug-likeness (QED) is 0.430. The van der Waals surface area contributed by atoms with Crippen molar-refractivity contribution in [2.24, 2.45) is 0 Å². The molecule has 2 heterocycles. The van der Waals surface area contributed by atoms with Crippen LogP contribution in [-0.4, -0.2) is 58.4 Å². The molecule has 1 aromatic heterocycles. The predicted molar refractivity (Wildman–Crippen MR) is 148 cm³/mol. The van der Waals surface area contributed by atoms with Gasteiger partial charge in [0.1, 0.15) is 17.5 Å². The first-order valence-corrected chi connectivity index (χ1v) is 13.4. The van der Waals surface area contributed by atoms with Crippen LogP contribution in [0.3, 0.4) is 0 Å². The highest BCUT2D eigenvalue weighted by Crippen LogP contribution is 2.39. The number of rotatable bonds is 9. The van der Waals surface area contributed by atoms with E-state index >= 15 is 0 Å². The third kappa shape index (κ3) is 5.88. The second-order valence-corrected chi connectivity index (χ2v) is 9.77. The van der Waals surface area contributed by atoms with Gasteiger partial charge in [-0.15, -0.1) is 0 Å². The van der Waals surface area contributed by atoms with E-state index in [4.69, 9.17) is 18.6 Å². The first-order valence-electron chi connectivity index (χ1n) is 13.4. The van der Waals surface area contributed by atoms with E-state index in [1.807, 2.05) is 24.3 Å². The normalized spacial score (nSPS) is 16.5. The average Bonchev–Trinajstić information content (AvgIpc) is 3.71. The van der Waals surface area contributed by atoms with E-state index in [1.54, 1.807) is 37.4 Å². The number of benzene rings is 2. The maximum Gasteiger partial charge on any atom is 0.295 e. The smallest absolute Gasteiger partial charge is 0.295 e. The summed E-state index contributed by atoms with van der Waals surface area (Å²) >= 11 is 0. The molecule has 3 aromatic rings. The molecule has 1 atom stereocenters. The van der Waals surface area contributed by atoms with E-state index in [2.05, 4.69) is 10.2 Å². The van der Waals surface area contributed by atoms with Crippen LogP contribution in [-0.2, 0) is 9.53 Å². The van der Waals surface area contributed by atoms with Crippen molar-refractivity contribution in [1.29, 1.82) is 0 Å². The SMILES string of the molecule is COc1ccc(N(C(=O)c2ccco2)[C@@H](C(=O)NC2CCCC2)c2ccc(N3CCOCC3)cc2)c(OC)c1. The molecule has 0 radical (unpaired) electrons. The van der Waals surface area contributed by atoms with Crippen LogP contribution in [0.1, 0.15) is 47.8 Å². The summed E-state index contributed by atoms with van der Waals surface area (Å²) < 4.78 is 22.1. The molecule has 206 valence electrons. The minimum absolute atomic E-state index is 0.0750. The molecule has 1 saturated heterocycles. The molecule has 2 aromatic carbocycles. The number of furan rings is 1. The van der Waals surface area contributed by atoms with Gasteiger partial charge >= 0.3 is 0 Å². The van der Waals surface area contributed by atoms with Gasteiger partial charge in [-0.1, -0.05) is 25.0 Å². The van der Waals surface area contributed by atoms with E-state index in [-0.39, 0.29) is 17.7 Å². The number of carbonyl (C=O) groups is 2. The Balaban J connectivity index is 1.59. The van der Waals surface area contributed by atoms with Crippen molar-refractivity contribution in [3.63, 3.8) is 0 Å². The number of nitrogens with zero attached hydrogens (tertiary/aromatic N) is 2. The monoisotopic (exact) mass is 533 g/mol. The predicted octanol–water partition coefficient (Wildman–Crippen LogP) is 4.58. The van der Waals surface area contributed by atoms with Gasteiger partial charge in [-0.3, -0.25) is 14.5 Å². The van der Waals surface area contributed by atoms with Gasteiger partial charge in [-0.05, 0) is 54.8 Å². The molecule has 39 heavy (non-hydrogen) atoms. The standard InChI is InChI=1S/C30H35N3O6/c1-36-24-13-14-25(27(20-24)37-2)33(30(35)26-8-5-17-39-26)28(29(34)31-22-6-3-4-7-22)21-9-11-23(12-10-21)32-15-18-38-19-16-32/h5,8-14,17,20,22,28H,3-4,6-7,15-16,18-19H2,1-2H3,(H,31,34)/t28-/m1/s1. The molecule has 5 rings (SSSR count). The van der Waals surface area contributed by atoms with Crippen molar-refractivity contribution in [3.8, 4) is 11.5 Å². The van der Waals surface area contributed by atoms with Crippen molar-refractivity contribution in [1.82, 2.24) is 5.32 Å². The van der Waals surface area contributed by atoms with E-state index in [0.717, 1.165) is 44.5 Å². The highest BCUT2D eigenvalue weighted by Gasteiger charge is 2.37. The minimum atomic E-state index is -0.968. The number of morpholine rings is 1. The number of ether oxygens (including phenoxy) is 3. The van der Waals surface area contributed by atoms with E-state index in [9.17, 15) is 9.59 Å². The van der Waals surface area contributed by atoms with Crippen LogP contribution in [0.25, 0.3) is 0 Å². The first-order chi connectivity index (χ1) is 19.1. The Morgan fingerprint density at radius 3 is 2.38 bits per heavy atom. The van der Waals surface area contributed by atoms with Gasteiger partial charge in [-0.2, -0.15) is 0 Å². The lowest BCUT2D eigenvalue weighted by atomic mass is 10.0. The molecule has 1 saturated carbocycles. The number of hydrogen-bond acceptors (Lipinski definition) is 7. The second kappa shape index (κ2) is 12.3. The van der Waals surface area contributed by atoms with Crippen LogP contribution in [0.4, 0.5) is 11.4 Å². The van der Waals surface area contributed by atoms with Crippen LogP contribution < -0.4 is 24.6 Å². The zero-order valence-electron chi connectivity index (χ0n) is 22.4. The fourth-order valence-electron chi connectivity index (χ4n) is 5.33. The molecule has 0 bridgehead atoms. The Hall–Kier alpha value is -3.98. The molecule has 1 N–H and O–H groups in total. The fourth-order valence-corrected chi connectivity index (χ4v) is 5.33. The van der Waals surface area contributed by atoms with Crippen molar-refractivity contribution in [2.75, 3.05) is 50.3 Å². The average molecular weight is 534 g/mol. The molecule has 0 unspecified atom stereocenters.